The van der Waals surface area contributed by atoms with E-state index in [9.17, 15) is 9.59 Å². The van der Waals surface area contributed by atoms with E-state index in [2.05, 4.69) is 0 Å². The first-order valence-corrected chi connectivity index (χ1v) is 7.55. The molecule has 0 unspecified atom stereocenters. The van der Waals surface area contributed by atoms with Gasteiger partial charge >= 0.3 is 0 Å². The number of ketones is 2. The van der Waals surface area contributed by atoms with Gasteiger partial charge in [-0.05, 0) is 23.6 Å². The predicted octanol–water partition coefficient (Wildman–Crippen LogP) is 3.70. The van der Waals surface area contributed by atoms with Crippen LogP contribution in [0.2, 0.25) is 0 Å². The van der Waals surface area contributed by atoms with Crippen molar-refractivity contribution in [2.45, 2.75) is 17.2 Å². The molecule has 2 aliphatic carbocycles. The Hall–Kier alpha value is -2.13. The van der Waals surface area contributed by atoms with Crippen molar-refractivity contribution < 1.29 is 14.3 Å². The first kappa shape index (κ1) is 13.5. The van der Waals surface area contributed by atoms with Crippen molar-refractivity contribution in [3.63, 3.8) is 0 Å². The van der Waals surface area contributed by atoms with Crippen molar-refractivity contribution in [1.82, 2.24) is 0 Å². The van der Waals surface area contributed by atoms with E-state index in [0.717, 1.165) is 11.1 Å². The lowest BCUT2D eigenvalue weighted by molar-refractivity contribution is 0.0793. The second kappa shape index (κ2) is 4.43. The highest BCUT2D eigenvalue weighted by Gasteiger charge is 2.59. The van der Waals surface area contributed by atoms with E-state index < -0.39 is 5.41 Å². The average Bonchev–Trinajstić information content (AvgIpc) is 2.97. The van der Waals surface area contributed by atoms with Crippen molar-refractivity contribution in [2.24, 2.45) is 0 Å². The Morgan fingerprint density at radius 1 is 1.09 bits per heavy atom. The molecule has 110 valence electrons. The van der Waals surface area contributed by atoms with Gasteiger partial charge in [-0.3, -0.25) is 9.59 Å². The average molecular weight is 313 g/mol. The third-order valence-corrected chi connectivity index (χ3v) is 5.13. The van der Waals surface area contributed by atoms with Crippen molar-refractivity contribution in [3.05, 3.63) is 64.7 Å². The summed E-state index contributed by atoms with van der Waals surface area (Å²) in [5.74, 6) is 0.0887. The molecule has 0 saturated carbocycles. The van der Waals surface area contributed by atoms with Crippen LogP contribution in [0.4, 0.5) is 0 Å². The summed E-state index contributed by atoms with van der Waals surface area (Å²) in [4.78, 5) is 26.2. The number of methoxy groups -OCH3 is 1. The Balaban J connectivity index is 2.01. The normalized spacial score (nSPS) is 25.5. The molecule has 2 atom stereocenters. The SMILES string of the molecule is COc1cccc2c1C(=O)[C@]1(C[C@H](Cl)c3ccccc31)C2=O. The van der Waals surface area contributed by atoms with Crippen LogP contribution in [0.3, 0.4) is 0 Å². The summed E-state index contributed by atoms with van der Waals surface area (Å²) in [7, 11) is 1.51. The summed E-state index contributed by atoms with van der Waals surface area (Å²) in [6, 6.07) is 12.6. The highest BCUT2D eigenvalue weighted by molar-refractivity contribution is 6.36. The number of ether oxygens (including phenoxy) is 1. The lowest BCUT2D eigenvalue weighted by atomic mass is 9.77. The number of alkyl halides is 1. The number of hydrogen-bond acceptors (Lipinski definition) is 3. The summed E-state index contributed by atoms with van der Waals surface area (Å²) < 4.78 is 5.29. The van der Waals surface area contributed by atoms with Gasteiger partial charge in [-0.25, -0.2) is 0 Å². The topological polar surface area (TPSA) is 43.4 Å². The van der Waals surface area contributed by atoms with Crippen LogP contribution in [0.15, 0.2) is 42.5 Å². The van der Waals surface area contributed by atoms with Crippen LogP contribution >= 0.6 is 11.6 Å². The zero-order chi connectivity index (χ0) is 15.5. The van der Waals surface area contributed by atoms with E-state index in [1.54, 1.807) is 18.2 Å². The smallest absolute Gasteiger partial charge is 0.185 e. The summed E-state index contributed by atoms with van der Waals surface area (Å²) >= 11 is 6.42. The van der Waals surface area contributed by atoms with Crippen molar-refractivity contribution in [3.8, 4) is 5.75 Å². The molecule has 2 aromatic rings. The minimum absolute atomic E-state index is 0.165. The van der Waals surface area contributed by atoms with Crippen LogP contribution in [0.1, 0.15) is 43.6 Å². The van der Waals surface area contributed by atoms with Crippen molar-refractivity contribution in [2.75, 3.05) is 7.11 Å². The first-order valence-electron chi connectivity index (χ1n) is 7.11. The van der Waals surface area contributed by atoms with E-state index in [4.69, 9.17) is 16.3 Å². The summed E-state index contributed by atoms with van der Waals surface area (Å²) in [6.45, 7) is 0. The maximum Gasteiger partial charge on any atom is 0.185 e. The molecule has 4 rings (SSSR count). The fourth-order valence-corrected chi connectivity index (χ4v) is 4.17. The minimum Gasteiger partial charge on any atom is -0.496 e. The van der Waals surface area contributed by atoms with Crippen molar-refractivity contribution in [1.29, 1.82) is 0 Å². The van der Waals surface area contributed by atoms with Crippen LogP contribution in [0.5, 0.6) is 5.75 Å². The van der Waals surface area contributed by atoms with Gasteiger partial charge in [-0.1, -0.05) is 36.4 Å². The molecule has 0 aliphatic heterocycles. The summed E-state index contributed by atoms with van der Waals surface area (Å²) in [5, 5.41) is -0.329. The largest absolute Gasteiger partial charge is 0.496 e. The molecular weight excluding hydrogens is 300 g/mol. The van der Waals surface area contributed by atoms with E-state index >= 15 is 0 Å². The van der Waals surface area contributed by atoms with Crippen LogP contribution in [0.25, 0.3) is 0 Å². The molecule has 0 saturated heterocycles. The highest BCUT2D eigenvalue weighted by atomic mass is 35.5. The molecule has 0 fully saturated rings. The molecule has 3 nitrogen and oxygen atoms in total. The highest BCUT2D eigenvalue weighted by Crippen LogP contribution is 2.55. The number of halogens is 1. The zero-order valence-electron chi connectivity index (χ0n) is 11.9. The molecule has 22 heavy (non-hydrogen) atoms. The molecule has 0 amide bonds. The number of benzene rings is 2. The molecule has 2 aromatic carbocycles. The Kier molecular flexibility index (Phi) is 2.73. The van der Waals surface area contributed by atoms with Crippen LogP contribution in [0, 0.1) is 0 Å². The Labute approximate surface area is 132 Å². The van der Waals surface area contributed by atoms with E-state index in [1.807, 2.05) is 24.3 Å². The van der Waals surface area contributed by atoms with E-state index in [0.29, 0.717) is 23.3 Å². The van der Waals surface area contributed by atoms with Gasteiger partial charge in [0.15, 0.2) is 11.6 Å². The number of fused-ring (bicyclic) bond motifs is 3. The van der Waals surface area contributed by atoms with Crippen molar-refractivity contribution >= 4 is 23.2 Å². The monoisotopic (exact) mass is 312 g/mol. The third kappa shape index (κ3) is 1.42. The molecule has 0 bridgehead atoms. The maximum atomic E-state index is 13.2. The fourth-order valence-electron chi connectivity index (χ4n) is 3.75. The van der Waals surface area contributed by atoms with Crippen LogP contribution < -0.4 is 4.74 Å². The molecule has 0 radical (unpaired) electrons. The molecule has 1 spiro atoms. The fraction of sp³-hybridized carbons (Fsp3) is 0.222. The maximum absolute atomic E-state index is 13.2. The van der Waals surface area contributed by atoms with Crippen LogP contribution in [-0.2, 0) is 5.41 Å². The van der Waals surface area contributed by atoms with Gasteiger partial charge in [0.25, 0.3) is 0 Å². The molecule has 0 aromatic heterocycles. The van der Waals surface area contributed by atoms with Gasteiger partial charge < -0.3 is 4.74 Å². The quantitative estimate of drug-likeness (QED) is 0.596. The summed E-state index contributed by atoms with van der Waals surface area (Å²) in [5.41, 5.74) is 1.25. The van der Waals surface area contributed by atoms with Crippen LogP contribution in [-0.4, -0.2) is 18.7 Å². The zero-order valence-corrected chi connectivity index (χ0v) is 12.7. The number of carbonyl (C=O) groups is 2. The van der Waals surface area contributed by atoms with Gasteiger partial charge in [0.2, 0.25) is 0 Å². The number of hydrogen-bond donors (Lipinski definition) is 0. The Morgan fingerprint density at radius 2 is 1.86 bits per heavy atom. The standard InChI is InChI=1S/C18H13ClO3/c1-22-14-8-4-6-11-15(14)17(21)18(16(11)20)9-13(19)10-5-2-3-7-12(10)18/h2-8,13H,9H2,1H3/t13-,18-/m0/s1. The number of Topliss-reactive ketones (excluding diaryl/α,β-unsaturated/α-hetero) is 2. The van der Waals surface area contributed by atoms with Gasteiger partial charge in [0.1, 0.15) is 11.2 Å². The molecule has 0 heterocycles. The molecule has 4 heteroatoms. The lowest BCUT2D eigenvalue weighted by Gasteiger charge is -2.20. The Morgan fingerprint density at radius 3 is 2.64 bits per heavy atom. The summed E-state index contributed by atoms with van der Waals surface area (Å²) in [6.07, 6.45) is 0.309. The first-order chi connectivity index (χ1) is 10.6. The number of carbonyl (C=O) groups excluding carboxylic acids is 2. The van der Waals surface area contributed by atoms with Gasteiger partial charge in [-0.2, -0.15) is 0 Å². The third-order valence-electron chi connectivity index (χ3n) is 4.74. The van der Waals surface area contributed by atoms with E-state index in [1.165, 1.54) is 7.11 Å². The van der Waals surface area contributed by atoms with Gasteiger partial charge in [0, 0.05) is 5.56 Å². The number of rotatable bonds is 1. The van der Waals surface area contributed by atoms with E-state index in [-0.39, 0.29) is 16.9 Å². The minimum atomic E-state index is -1.18. The Bertz CT molecular complexity index is 827. The van der Waals surface area contributed by atoms with Gasteiger partial charge in [-0.15, -0.1) is 11.6 Å². The second-order valence-corrected chi connectivity index (χ2v) is 6.23. The predicted molar refractivity (Wildman–Crippen MR) is 83.0 cm³/mol. The van der Waals surface area contributed by atoms with Gasteiger partial charge in [0.05, 0.1) is 18.1 Å². The molecule has 0 N–H and O–H groups in total. The second-order valence-electron chi connectivity index (χ2n) is 5.71. The molecular formula is C18H13ClO3. The molecule has 2 aliphatic rings. The lowest BCUT2D eigenvalue weighted by Crippen LogP contribution is -2.36.